The molecule has 1 amide bonds. The molecule has 122 valence electrons. The summed E-state index contributed by atoms with van der Waals surface area (Å²) in [6.45, 7) is 3.55. The first-order chi connectivity index (χ1) is 11.5. The molecule has 5 nitrogen and oxygen atoms in total. The number of hydrogen-bond donors (Lipinski definition) is 0. The van der Waals surface area contributed by atoms with Crippen molar-refractivity contribution in [1.29, 1.82) is 0 Å². The number of fused-ring (bicyclic) bond motifs is 1. The average molecular weight is 343 g/mol. The number of amides is 1. The summed E-state index contributed by atoms with van der Waals surface area (Å²) in [5.74, 6) is -0.868. The zero-order chi connectivity index (χ0) is 17.3. The van der Waals surface area contributed by atoms with Gasteiger partial charge >= 0.3 is 5.97 Å². The van der Waals surface area contributed by atoms with Crippen molar-refractivity contribution in [1.82, 2.24) is 0 Å². The van der Waals surface area contributed by atoms with Crippen LogP contribution < -0.4 is 4.90 Å². The van der Waals surface area contributed by atoms with Crippen LogP contribution in [0.2, 0.25) is 5.02 Å². The minimum atomic E-state index is -0.569. The molecule has 24 heavy (non-hydrogen) atoms. The Labute approximate surface area is 144 Å². The Kier molecular flexibility index (Phi) is 4.36. The molecule has 0 fully saturated rings. The fraction of sp³-hybridized carbons (Fsp3) is 0.167. The predicted molar refractivity (Wildman–Crippen MR) is 92.1 cm³/mol. The largest absolute Gasteiger partial charge is 0.332 e. The third kappa shape index (κ3) is 3.16. The summed E-state index contributed by atoms with van der Waals surface area (Å²) in [7, 11) is 0. The number of nitrogens with zero attached hydrogens (tertiary/aromatic N) is 2. The third-order valence-corrected chi connectivity index (χ3v) is 3.92. The highest BCUT2D eigenvalue weighted by Gasteiger charge is 2.34. The van der Waals surface area contributed by atoms with E-state index in [1.165, 1.54) is 6.92 Å². The lowest BCUT2D eigenvalue weighted by Gasteiger charge is -2.17. The Hall–Kier alpha value is -2.66. The summed E-state index contributed by atoms with van der Waals surface area (Å²) >= 11 is 5.90. The van der Waals surface area contributed by atoms with Gasteiger partial charge in [0.15, 0.2) is 5.71 Å². The van der Waals surface area contributed by atoms with Crippen LogP contribution in [0.1, 0.15) is 23.6 Å². The second kappa shape index (κ2) is 6.45. The SMILES string of the molecule is CC(=O)O/N=C1/C(=O)N(Cc2ccc(Cl)cc2)c2ccc(C)cc21. The highest BCUT2D eigenvalue weighted by atomic mass is 35.5. The number of benzene rings is 2. The summed E-state index contributed by atoms with van der Waals surface area (Å²) < 4.78 is 0. The van der Waals surface area contributed by atoms with Gasteiger partial charge in [-0.2, -0.15) is 0 Å². The van der Waals surface area contributed by atoms with Crippen LogP contribution in [0.3, 0.4) is 0 Å². The van der Waals surface area contributed by atoms with Crippen molar-refractivity contribution in [3.05, 3.63) is 64.2 Å². The highest BCUT2D eigenvalue weighted by molar-refractivity contribution is 6.54. The third-order valence-electron chi connectivity index (χ3n) is 3.67. The summed E-state index contributed by atoms with van der Waals surface area (Å²) in [6, 6.07) is 12.9. The molecule has 2 aromatic rings. The van der Waals surface area contributed by atoms with Gasteiger partial charge in [-0.3, -0.25) is 4.79 Å². The first kappa shape index (κ1) is 16.2. The van der Waals surface area contributed by atoms with Crippen LogP contribution in [0, 0.1) is 6.92 Å². The molecular weight excluding hydrogens is 328 g/mol. The van der Waals surface area contributed by atoms with Crippen LogP contribution in [0.25, 0.3) is 0 Å². The van der Waals surface area contributed by atoms with E-state index in [0.717, 1.165) is 16.8 Å². The second-order valence-electron chi connectivity index (χ2n) is 5.56. The molecule has 1 aliphatic rings. The van der Waals surface area contributed by atoms with Gasteiger partial charge in [0, 0.05) is 17.5 Å². The van der Waals surface area contributed by atoms with E-state index >= 15 is 0 Å². The minimum absolute atomic E-state index is 0.137. The number of oxime groups is 1. The van der Waals surface area contributed by atoms with Crippen molar-refractivity contribution in [2.75, 3.05) is 4.90 Å². The predicted octanol–water partition coefficient (Wildman–Crippen LogP) is 3.46. The van der Waals surface area contributed by atoms with E-state index in [-0.39, 0.29) is 11.6 Å². The van der Waals surface area contributed by atoms with E-state index in [2.05, 4.69) is 5.16 Å². The van der Waals surface area contributed by atoms with Crippen molar-refractivity contribution < 1.29 is 14.4 Å². The molecular formula is C18H15ClN2O3. The fourth-order valence-corrected chi connectivity index (χ4v) is 2.68. The molecule has 1 aliphatic heterocycles. The van der Waals surface area contributed by atoms with Crippen LogP contribution in [0.15, 0.2) is 47.6 Å². The molecule has 1 heterocycles. The molecule has 0 spiro atoms. The van der Waals surface area contributed by atoms with Crippen molar-refractivity contribution in [2.45, 2.75) is 20.4 Å². The van der Waals surface area contributed by atoms with Crippen LogP contribution >= 0.6 is 11.6 Å². The van der Waals surface area contributed by atoms with Gasteiger partial charge in [-0.1, -0.05) is 40.5 Å². The Morgan fingerprint density at radius 1 is 1.21 bits per heavy atom. The van der Waals surface area contributed by atoms with E-state index in [1.807, 2.05) is 37.3 Å². The summed E-state index contributed by atoms with van der Waals surface area (Å²) in [4.78, 5) is 30.1. The average Bonchev–Trinajstić information content (AvgIpc) is 2.79. The van der Waals surface area contributed by atoms with Gasteiger partial charge in [-0.05, 0) is 36.8 Å². The number of carbonyl (C=O) groups is 2. The minimum Gasteiger partial charge on any atom is -0.318 e. The van der Waals surface area contributed by atoms with Gasteiger partial charge in [-0.15, -0.1) is 0 Å². The number of aryl methyl sites for hydroxylation is 1. The normalized spacial score (nSPS) is 14.9. The van der Waals surface area contributed by atoms with E-state index < -0.39 is 5.97 Å². The van der Waals surface area contributed by atoms with Crippen molar-refractivity contribution >= 4 is 34.9 Å². The highest BCUT2D eigenvalue weighted by Crippen LogP contribution is 2.32. The topological polar surface area (TPSA) is 59.0 Å². The lowest BCUT2D eigenvalue weighted by molar-refractivity contribution is -0.140. The molecule has 0 unspecified atom stereocenters. The van der Waals surface area contributed by atoms with Crippen molar-refractivity contribution in [3.8, 4) is 0 Å². The van der Waals surface area contributed by atoms with E-state index in [1.54, 1.807) is 17.0 Å². The monoisotopic (exact) mass is 342 g/mol. The Morgan fingerprint density at radius 2 is 1.92 bits per heavy atom. The second-order valence-corrected chi connectivity index (χ2v) is 6.00. The van der Waals surface area contributed by atoms with Crippen molar-refractivity contribution in [2.24, 2.45) is 5.16 Å². The van der Waals surface area contributed by atoms with E-state index in [4.69, 9.17) is 16.4 Å². The Balaban J connectivity index is 1.99. The summed E-state index contributed by atoms with van der Waals surface area (Å²) in [5, 5.41) is 4.39. The van der Waals surface area contributed by atoms with Gasteiger partial charge in [0.25, 0.3) is 5.91 Å². The zero-order valence-corrected chi connectivity index (χ0v) is 14.0. The van der Waals surface area contributed by atoms with Gasteiger partial charge in [-0.25, -0.2) is 4.79 Å². The smallest absolute Gasteiger partial charge is 0.318 e. The molecule has 6 heteroatoms. The maximum absolute atomic E-state index is 12.7. The van der Waals surface area contributed by atoms with Crippen LogP contribution in [-0.2, 0) is 21.0 Å². The maximum Gasteiger partial charge on any atom is 0.332 e. The van der Waals surface area contributed by atoms with Crippen LogP contribution in [0.4, 0.5) is 5.69 Å². The molecule has 0 saturated carbocycles. The molecule has 0 atom stereocenters. The van der Waals surface area contributed by atoms with Gasteiger partial charge in [0.05, 0.1) is 12.2 Å². The Bertz CT molecular complexity index is 844. The van der Waals surface area contributed by atoms with Gasteiger partial charge < -0.3 is 9.74 Å². The first-order valence-corrected chi connectivity index (χ1v) is 7.76. The van der Waals surface area contributed by atoms with Crippen LogP contribution in [-0.4, -0.2) is 17.6 Å². The molecule has 0 bridgehead atoms. The molecule has 0 aromatic heterocycles. The zero-order valence-electron chi connectivity index (χ0n) is 13.2. The maximum atomic E-state index is 12.7. The molecule has 0 aliphatic carbocycles. The number of rotatable bonds is 3. The fourth-order valence-electron chi connectivity index (χ4n) is 2.55. The molecule has 0 saturated heterocycles. The van der Waals surface area contributed by atoms with Gasteiger partial charge in [0.1, 0.15) is 0 Å². The van der Waals surface area contributed by atoms with Gasteiger partial charge in [0.2, 0.25) is 0 Å². The summed E-state index contributed by atoms with van der Waals surface area (Å²) in [5.41, 5.74) is 3.47. The van der Waals surface area contributed by atoms with E-state index in [0.29, 0.717) is 17.1 Å². The van der Waals surface area contributed by atoms with Crippen LogP contribution in [0.5, 0.6) is 0 Å². The van der Waals surface area contributed by atoms with E-state index in [9.17, 15) is 9.59 Å². The Morgan fingerprint density at radius 3 is 2.58 bits per heavy atom. The van der Waals surface area contributed by atoms with Crippen molar-refractivity contribution in [3.63, 3.8) is 0 Å². The molecule has 0 radical (unpaired) electrons. The molecule has 0 N–H and O–H groups in total. The molecule has 2 aromatic carbocycles. The number of carbonyl (C=O) groups excluding carboxylic acids is 2. The standard InChI is InChI=1S/C18H15ClN2O3/c1-11-3-8-16-15(9-11)17(20-24-12(2)22)18(23)21(16)10-13-4-6-14(19)7-5-13/h3-9H,10H2,1-2H3/b20-17+. The lowest BCUT2D eigenvalue weighted by atomic mass is 10.1. The summed E-state index contributed by atoms with van der Waals surface area (Å²) in [6.07, 6.45) is 0. The number of halogens is 1. The lowest BCUT2D eigenvalue weighted by Crippen LogP contribution is -2.29. The number of anilines is 1. The molecule has 3 rings (SSSR count). The first-order valence-electron chi connectivity index (χ1n) is 7.38. The quantitative estimate of drug-likeness (QED) is 0.634. The number of hydrogen-bond acceptors (Lipinski definition) is 4.